The molecule has 1 atom stereocenters. The van der Waals surface area contributed by atoms with Crippen molar-refractivity contribution in [3.63, 3.8) is 0 Å². The fourth-order valence-corrected chi connectivity index (χ4v) is 8.56. The number of nitrogens with zero attached hydrogens (tertiary/aromatic N) is 4. The molecule has 1 N–H and O–H groups in total. The zero-order valence-electron chi connectivity index (χ0n) is 34.0. The average molecular weight is 837 g/mol. The van der Waals surface area contributed by atoms with E-state index >= 15 is 0 Å². The van der Waals surface area contributed by atoms with Gasteiger partial charge in [0, 0.05) is 72.4 Å². The highest BCUT2D eigenvalue weighted by Crippen LogP contribution is 2.42. The fourth-order valence-electron chi connectivity index (χ4n) is 8.56. The Balaban J connectivity index is 0.754. The predicted molar refractivity (Wildman–Crippen MR) is 240 cm³/mol. The number of amides is 3. The smallest absolute Gasteiger partial charge is 0.410 e. The van der Waals surface area contributed by atoms with Crippen molar-refractivity contribution in [1.82, 2.24) is 9.80 Å². The summed E-state index contributed by atoms with van der Waals surface area (Å²) in [5, 5.41) is 15.3. The molecule has 12 nitrogen and oxygen atoms in total. The van der Waals surface area contributed by atoms with Crippen LogP contribution < -0.4 is 10.3 Å². The number of benzene rings is 6. The third-order valence-electron chi connectivity index (χ3n) is 11.8. The first-order valence-electron chi connectivity index (χ1n) is 20.8. The van der Waals surface area contributed by atoms with Crippen LogP contribution in [0.5, 0.6) is 5.75 Å². The average Bonchev–Trinajstić information content (AvgIpc) is 3.79. The lowest BCUT2D eigenvalue weighted by Crippen LogP contribution is -2.50. The first-order valence-corrected chi connectivity index (χ1v) is 20.8. The molecule has 0 saturated carbocycles. The van der Waals surface area contributed by atoms with Crippen molar-refractivity contribution >= 4 is 52.4 Å². The number of phenols is 1. The van der Waals surface area contributed by atoms with E-state index < -0.39 is 6.09 Å². The van der Waals surface area contributed by atoms with E-state index in [9.17, 15) is 24.3 Å². The van der Waals surface area contributed by atoms with Crippen LogP contribution in [0.15, 0.2) is 148 Å². The number of rotatable bonds is 7. The van der Waals surface area contributed by atoms with E-state index in [4.69, 9.17) is 14.0 Å². The summed E-state index contributed by atoms with van der Waals surface area (Å²) in [4.78, 5) is 64.5. The van der Waals surface area contributed by atoms with Gasteiger partial charge in [0.25, 0.3) is 11.8 Å². The summed E-state index contributed by atoms with van der Waals surface area (Å²) >= 11 is 0. The van der Waals surface area contributed by atoms with E-state index in [2.05, 4.69) is 5.16 Å². The first-order chi connectivity index (χ1) is 30.8. The van der Waals surface area contributed by atoms with Crippen LogP contribution in [0.2, 0.25) is 0 Å². The first kappa shape index (κ1) is 39.2. The van der Waals surface area contributed by atoms with Crippen LogP contribution in [0, 0.1) is 0 Å². The van der Waals surface area contributed by atoms with Gasteiger partial charge >= 0.3 is 6.09 Å². The Hall–Kier alpha value is -7.99. The number of piperazine rings is 1. The van der Waals surface area contributed by atoms with E-state index in [1.165, 1.54) is 18.2 Å². The second-order valence-corrected chi connectivity index (χ2v) is 15.8. The summed E-state index contributed by atoms with van der Waals surface area (Å²) in [6.45, 7) is 1.61. The molecule has 3 amide bonds. The molecule has 5 aliphatic rings. The summed E-state index contributed by atoms with van der Waals surface area (Å²) in [5.74, 6) is 0.0749. The topological polar surface area (TPSA) is 142 Å². The van der Waals surface area contributed by atoms with Gasteiger partial charge in [-0.1, -0.05) is 96.2 Å². The van der Waals surface area contributed by atoms with Crippen molar-refractivity contribution in [2.24, 2.45) is 5.16 Å². The highest BCUT2D eigenvalue weighted by molar-refractivity contribution is 6.12. The Labute approximate surface area is 361 Å². The zero-order valence-corrected chi connectivity index (χ0v) is 34.0. The Bertz CT molecular complexity index is 3020. The number of anilines is 1. The molecule has 4 aliphatic heterocycles. The number of carbonyl (C=O) groups excluding carboxylic acids is 3. The van der Waals surface area contributed by atoms with Gasteiger partial charge in [-0.2, -0.15) is 0 Å². The molecule has 1 aliphatic carbocycles. The molecule has 312 valence electrons. The maximum absolute atomic E-state index is 14.2. The van der Waals surface area contributed by atoms with Crippen molar-refractivity contribution in [2.45, 2.75) is 19.1 Å². The Morgan fingerprint density at radius 1 is 0.730 bits per heavy atom. The van der Waals surface area contributed by atoms with Gasteiger partial charge in [-0.3, -0.25) is 14.4 Å². The van der Waals surface area contributed by atoms with Crippen molar-refractivity contribution in [2.75, 3.05) is 37.6 Å². The lowest BCUT2D eigenvalue weighted by atomic mass is 9.90. The van der Waals surface area contributed by atoms with Crippen LogP contribution >= 0.6 is 0 Å². The van der Waals surface area contributed by atoms with Crippen molar-refractivity contribution in [3.8, 4) is 28.2 Å². The van der Waals surface area contributed by atoms with E-state index in [0.717, 1.165) is 33.7 Å². The van der Waals surface area contributed by atoms with E-state index in [1.54, 1.807) is 45.0 Å². The Kier molecular flexibility index (Phi) is 10.2. The third-order valence-corrected chi connectivity index (χ3v) is 11.8. The number of oxime groups is 1. The number of hydrogen-bond acceptors (Lipinski definition) is 9. The SMILES string of the molecule is O=C(OCc1ccc(C2=NOC(CN3C(=O)c4ccccc4/C=C\c4ccccc43)C2)cc1)N1CCN(C(=O)c2ccccc2-c2c3ccc(=O)cc-3oc3cc(O)ccc23)CC1. The number of aromatic hydroxyl groups is 1. The monoisotopic (exact) mass is 836 g/mol. The van der Waals surface area contributed by atoms with Gasteiger partial charge in [-0.25, -0.2) is 4.79 Å². The lowest BCUT2D eigenvalue weighted by molar-refractivity contribution is 0.0544. The molecular weight excluding hydrogens is 797 g/mol. The summed E-state index contributed by atoms with van der Waals surface area (Å²) in [6.07, 6.45) is 3.72. The molecule has 4 heterocycles. The van der Waals surface area contributed by atoms with Crippen molar-refractivity contribution < 1.29 is 33.5 Å². The summed E-state index contributed by atoms with van der Waals surface area (Å²) in [5.41, 5.74) is 8.36. The second-order valence-electron chi connectivity index (χ2n) is 15.8. The fraction of sp³-hybridized carbons (Fsp3) is 0.157. The van der Waals surface area contributed by atoms with E-state index in [1.807, 2.05) is 97.1 Å². The molecule has 5 aromatic carbocycles. The maximum atomic E-state index is 14.2. The highest BCUT2D eigenvalue weighted by Gasteiger charge is 2.32. The predicted octanol–water partition coefficient (Wildman–Crippen LogP) is 8.69. The van der Waals surface area contributed by atoms with Gasteiger partial charge in [0.2, 0.25) is 0 Å². The quantitative estimate of drug-likeness (QED) is 0.157. The summed E-state index contributed by atoms with van der Waals surface area (Å²) < 4.78 is 11.7. The molecule has 5 aromatic rings. The van der Waals surface area contributed by atoms with E-state index in [-0.39, 0.29) is 35.7 Å². The molecule has 0 bridgehead atoms. The molecule has 0 spiro atoms. The van der Waals surface area contributed by atoms with Crippen molar-refractivity contribution in [3.05, 3.63) is 177 Å². The molecular formula is C51H40N4O8. The van der Waals surface area contributed by atoms with Crippen LogP contribution in [-0.4, -0.2) is 77.4 Å². The molecule has 1 unspecified atom stereocenters. The summed E-state index contributed by atoms with van der Waals surface area (Å²) in [7, 11) is 0. The summed E-state index contributed by atoms with van der Waals surface area (Å²) in [6, 6.07) is 39.7. The van der Waals surface area contributed by atoms with Crippen molar-refractivity contribution in [1.29, 1.82) is 0 Å². The minimum atomic E-state index is -0.464. The Morgan fingerprint density at radius 3 is 2.27 bits per heavy atom. The number of ether oxygens (including phenoxy) is 1. The van der Waals surface area contributed by atoms with Gasteiger partial charge in [-0.05, 0) is 70.3 Å². The normalized spacial score (nSPS) is 16.4. The Morgan fingerprint density at radius 2 is 1.44 bits per heavy atom. The number of hydrogen-bond donors (Lipinski definition) is 1. The minimum Gasteiger partial charge on any atom is -0.508 e. The molecule has 12 heteroatoms. The molecule has 10 rings (SSSR count). The van der Waals surface area contributed by atoms with Gasteiger partial charge in [0.15, 0.2) is 11.5 Å². The molecule has 63 heavy (non-hydrogen) atoms. The number of carbonyl (C=O) groups is 3. The van der Waals surface area contributed by atoms with Gasteiger partial charge in [0.1, 0.15) is 23.7 Å². The van der Waals surface area contributed by atoms with Crippen LogP contribution in [0.4, 0.5) is 10.5 Å². The van der Waals surface area contributed by atoms with Gasteiger partial charge < -0.3 is 33.8 Å². The van der Waals surface area contributed by atoms with Crippen LogP contribution in [-0.2, 0) is 16.2 Å². The molecule has 0 aromatic heterocycles. The van der Waals surface area contributed by atoms with Crippen LogP contribution in [0.25, 0.3) is 45.6 Å². The molecule has 1 saturated heterocycles. The maximum Gasteiger partial charge on any atom is 0.410 e. The van der Waals surface area contributed by atoms with Gasteiger partial charge in [-0.15, -0.1) is 0 Å². The molecule has 1 fully saturated rings. The zero-order chi connectivity index (χ0) is 43.0. The third kappa shape index (κ3) is 7.67. The molecule has 0 radical (unpaired) electrons. The number of para-hydroxylation sites is 1. The van der Waals surface area contributed by atoms with E-state index in [0.29, 0.717) is 83.7 Å². The number of fused-ring (bicyclic) bond motifs is 4. The highest BCUT2D eigenvalue weighted by atomic mass is 16.6. The van der Waals surface area contributed by atoms with Crippen LogP contribution in [0.1, 0.15) is 49.4 Å². The minimum absolute atomic E-state index is 0.0144. The largest absolute Gasteiger partial charge is 0.508 e. The number of phenolic OH excluding ortho intramolecular Hbond substituents is 1. The second kappa shape index (κ2) is 16.5. The lowest BCUT2D eigenvalue weighted by Gasteiger charge is -2.34. The standard InChI is InChI=1S/C51H40N4O8/c56-36-19-21-42-46(27-36)62-47-28-37(57)20-22-43(47)48(42)40-10-4-5-11-41(40)49(58)53-23-25-54(26-24-53)51(60)61-31-32-13-15-34(16-14-32)44-29-38(63-52-44)30-55-45-12-6-2-8-35(45)18-17-33-7-1-3-9-39(33)50(55)59/h1-22,27-28,38,56H,23-26,29-31H2/b18-17-. The van der Waals surface area contributed by atoms with Gasteiger partial charge in [0.05, 0.1) is 17.9 Å². The van der Waals surface area contributed by atoms with Crippen LogP contribution in [0.3, 0.4) is 0 Å².